The maximum Gasteiger partial charge on any atom is 0.261 e. The van der Waals surface area contributed by atoms with Gasteiger partial charge in [-0.05, 0) is 62.9 Å². The SMILES string of the molecule is CC(C)c1ccccc1OCC(=O)N(Cc1ccc(Cl)cc1)[C@@H](C)C(=O)NC(C)(C)C. The quantitative estimate of drug-likeness (QED) is 0.610. The molecule has 0 aromatic heterocycles. The fourth-order valence-electron chi connectivity index (χ4n) is 3.15. The van der Waals surface area contributed by atoms with Crippen LogP contribution in [0.4, 0.5) is 0 Å². The largest absolute Gasteiger partial charge is 0.483 e. The van der Waals surface area contributed by atoms with Crippen molar-refractivity contribution < 1.29 is 14.3 Å². The van der Waals surface area contributed by atoms with Crippen LogP contribution in [0.2, 0.25) is 5.02 Å². The number of nitrogens with zero attached hydrogens (tertiary/aromatic N) is 1. The molecule has 0 radical (unpaired) electrons. The summed E-state index contributed by atoms with van der Waals surface area (Å²) < 4.78 is 5.88. The molecule has 0 unspecified atom stereocenters. The molecule has 2 amide bonds. The fourth-order valence-corrected chi connectivity index (χ4v) is 3.28. The van der Waals surface area contributed by atoms with Crippen LogP contribution in [0.25, 0.3) is 0 Å². The Bertz CT molecular complexity index is 888. The van der Waals surface area contributed by atoms with Crippen LogP contribution < -0.4 is 10.1 Å². The highest BCUT2D eigenvalue weighted by Gasteiger charge is 2.28. The highest BCUT2D eigenvalue weighted by molar-refractivity contribution is 6.30. The first-order chi connectivity index (χ1) is 14.5. The van der Waals surface area contributed by atoms with Crippen molar-refractivity contribution in [1.29, 1.82) is 0 Å². The summed E-state index contributed by atoms with van der Waals surface area (Å²) in [4.78, 5) is 27.5. The molecule has 168 valence electrons. The van der Waals surface area contributed by atoms with Gasteiger partial charge < -0.3 is 15.0 Å². The summed E-state index contributed by atoms with van der Waals surface area (Å²) >= 11 is 5.99. The number of para-hydroxylation sites is 1. The molecule has 1 N–H and O–H groups in total. The lowest BCUT2D eigenvalue weighted by Gasteiger charge is -2.31. The Morgan fingerprint density at radius 3 is 2.23 bits per heavy atom. The van der Waals surface area contributed by atoms with Crippen molar-refractivity contribution in [2.24, 2.45) is 0 Å². The Hall–Kier alpha value is -2.53. The fraction of sp³-hybridized carbons (Fsp3) is 0.440. The van der Waals surface area contributed by atoms with Gasteiger partial charge in [0.1, 0.15) is 11.8 Å². The molecular formula is C25H33ClN2O3. The van der Waals surface area contributed by atoms with Crippen LogP contribution in [0.5, 0.6) is 5.75 Å². The van der Waals surface area contributed by atoms with Gasteiger partial charge in [0.05, 0.1) is 0 Å². The molecule has 6 heteroatoms. The molecule has 0 saturated heterocycles. The Labute approximate surface area is 190 Å². The number of benzene rings is 2. The zero-order valence-corrected chi connectivity index (χ0v) is 20.0. The topological polar surface area (TPSA) is 58.6 Å². The second-order valence-electron chi connectivity index (χ2n) is 9.04. The van der Waals surface area contributed by atoms with Crippen LogP contribution in [0.3, 0.4) is 0 Å². The van der Waals surface area contributed by atoms with Gasteiger partial charge in [-0.15, -0.1) is 0 Å². The number of carbonyl (C=O) groups is 2. The van der Waals surface area contributed by atoms with E-state index in [-0.39, 0.29) is 30.9 Å². The molecule has 0 heterocycles. The van der Waals surface area contributed by atoms with Crippen molar-refractivity contribution in [2.75, 3.05) is 6.61 Å². The van der Waals surface area contributed by atoms with Crippen LogP contribution in [-0.2, 0) is 16.1 Å². The van der Waals surface area contributed by atoms with Gasteiger partial charge in [-0.25, -0.2) is 0 Å². The average molecular weight is 445 g/mol. The molecule has 0 spiro atoms. The Kier molecular flexibility index (Phi) is 8.52. The molecule has 2 aromatic rings. The molecule has 0 aliphatic heterocycles. The molecule has 0 aliphatic carbocycles. The maximum atomic E-state index is 13.2. The summed E-state index contributed by atoms with van der Waals surface area (Å²) in [6.07, 6.45) is 0. The van der Waals surface area contributed by atoms with E-state index in [2.05, 4.69) is 19.2 Å². The van der Waals surface area contributed by atoms with Gasteiger partial charge in [0.2, 0.25) is 5.91 Å². The Morgan fingerprint density at radius 1 is 1.03 bits per heavy atom. The Morgan fingerprint density at radius 2 is 1.65 bits per heavy atom. The minimum atomic E-state index is -0.661. The van der Waals surface area contributed by atoms with E-state index in [9.17, 15) is 9.59 Å². The van der Waals surface area contributed by atoms with Crippen molar-refractivity contribution in [3.63, 3.8) is 0 Å². The summed E-state index contributed by atoms with van der Waals surface area (Å²) in [5.41, 5.74) is 1.53. The summed E-state index contributed by atoms with van der Waals surface area (Å²) in [5, 5.41) is 3.57. The van der Waals surface area contributed by atoms with Crippen LogP contribution in [-0.4, -0.2) is 34.9 Å². The highest BCUT2D eigenvalue weighted by atomic mass is 35.5. The summed E-state index contributed by atoms with van der Waals surface area (Å²) in [5.74, 6) is 0.486. The molecule has 0 bridgehead atoms. The maximum absolute atomic E-state index is 13.2. The zero-order chi connectivity index (χ0) is 23.2. The Balaban J connectivity index is 2.21. The molecule has 0 fully saturated rings. The first kappa shape index (κ1) is 24.7. The summed E-state index contributed by atoms with van der Waals surface area (Å²) in [6, 6.07) is 14.3. The summed E-state index contributed by atoms with van der Waals surface area (Å²) in [6.45, 7) is 11.8. The number of hydrogen-bond donors (Lipinski definition) is 1. The number of nitrogens with one attached hydrogen (secondary N) is 1. The third kappa shape index (κ3) is 7.59. The predicted octanol–water partition coefficient (Wildman–Crippen LogP) is 5.17. The van der Waals surface area contributed by atoms with Gasteiger partial charge in [0.15, 0.2) is 6.61 Å². The molecule has 0 saturated carbocycles. The van der Waals surface area contributed by atoms with Gasteiger partial charge in [-0.3, -0.25) is 9.59 Å². The summed E-state index contributed by atoms with van der Waals surface area (Å²) in [7, 11) is 0. The van der Waals surface area contributed by atoms with Crippen molar-refractivity contribution in [2.45, 2.75) is 65.6 Å². The van der Waals surface area contributed by atoms with Crippen molar-refractivity contribution in [1.82, 2.24) is 10.2 Å². The van der Waals surface area contributed by atoms with Crippen LogP contribution in [0, 0.1) is 0 Å². The van der Waals surface area contributed by atoms with E-state index in [1.165, 1.54) is 0 Å². The highest BCUT2D eigenvalue weighted by Crippen LogP contribution is 2.26. The predicted molar refractivity (Wildman–Crippen MR) is 125 cm³/mol. The van der Waals surface area contributed by atoms with Gasteiger partial charge in [0, 0.05) is 17.1 Å². The number of halogens is 1. The van der Waals surface area contributed by atoms with E-state index in [1.54, 1.807) is 24.0 Å². The van der Waals surface area contributed by atoms with Gasteiger partial charge >= 0.3 is 0 Å². The lowest BCUT2D eigenvalue weighted by molar-refractivity contribution is -0.142. The third-order valence-corrected chi connectivity index (χ3v) is 5.08. The molecule has 2 aromatic carbocycles. The monoisotopic (exact) mass is 444 g/mol. The first-order valence-electron chi connectivity index (χ1n) is 10.6. The van der Waals surface area contributed by atoms with E-state index in [4.69, 9.17) is 16.3 Å². The van der Waals surface area contributed by atoms with E-state index in [1.807, 2.05) is 57.2 Å². The van der Waals surface area contributed by atoms with Gasteiger partial charge in [-0.2, -0.15) is 0 Å². The number of ether oxygens (including phenoxy) is 1. The number of amides is 2. The lowest BCUT2D eigenvalue weighted by atomic mass is 10.0. The molecule has 2 rings (SSSR count). The first-order valence-corrected chi connectivity index (χ1v) is 10.9. The minimum Gasteiger partial charge on any atom is -0.483 e. The number of carbonyl (C=O) groups excluding carboxylic acids is 2. The third-order valence-electron chi connectivity index (χ3n) is 4.82. The number of hydrogen-bond acceptors (Lipinski definition) is 3. The smallest absolute Gasteiger partial charge is 0.261 e. The lowest BCUT2D eigenvalue weighted by Crippen LogP contribution is -2.53. The second kappa shape index (κ2) is 10.7. The number of rotatable bonds is 8. The van der Waals surface area contributed by atoms with E-state index in [0.717, 1.165) is 11.1 Å². The van der Waals surface area contributed by atoms with Crippen LogP contribution in [0.15, 0.2) is 48.5 Å². The minimum absolute atomic E-state index is 0.148. The van der Waals surface area contributed by atoms with Crippen LogP contribution >= 0.6 is 11.6 Å². The average Bonchev–Trinajstić information content (AvgIpc) is 2.70. The molecule has 0 aliphatic rings. The van der Waals surface area contributed by atoms with E-state index < -0.39 is 11.6 Å². The standard InChI is InChI=1S/C25H33ClN2O3/c1-17(2)21-9-7-8-10-22(21)31-16-23(29)28(15-19-11-13-20(26)14-12-19)18(3)24(30)27-25(4,5)6/h7-14,17-18H,15-16H2,1-6H3,(H,27,30)/t18-/m0/s1. The molecule has 1 atom stereocenters. The van der Waals surface area contributed by atoms with Crippen LogP contribution in [0.1, 0.15) is 58.6 Å². The van der Waals surface area contributed by atoms with Crippen molar-refractivity contribution >= 4 is 23.4 Å². The second-order valence-corrected chi connectivity index (χ2v) is 9.48. The van der Waals surface area contributed by atoms with Crippen molar-refractivity contribution in [3.05, 3.63) is 64.7 Å². The zero-order valence-electron chi connectivity index (χ0n) is 19.2. The van der Waals surface area contributed by atoms with Crippen molar-refractivity contribution in [3.8, 4) is 5.75 Å². The molecular weight excluding hydrogens is 412 g/mol. The molecule has 5 nitrogen and oxygen atoms in total. The van der Waals surface area contributed by atoms with E-state index in [0.29, 0.717) is 10.8 Å². The van der Waals surface area contributed by atoms with Gasteiger partial charge in [-0.1, -0.05) is 55.8 Å². The molecule has 31 heavy (non-hydrogen) atoms. The van der Waals surface area contributed by atoms with Gasteiger partial charge in [0.25, 0.3) is 5.91 Å². The normalized spacial score (nSPS) is 12.4. The van der Waals surface area contributed by atoms with E-state index >= 15 is 0 Å².